The molecule has 3 aliphatic rings. The smallest absolute Gasteiger partial charge is 0.425 e. The third kappa shape index (κ3) is 8.23. The van der Waals surface area contributed by atoms with Crippen LogP contribution in [0.1, 0.15) is 89.8 Å². The molecular formula is C45H53N9O7. The Kier molecular flexibility index (Phi) is 11.7. The van der Waals surface area contributed by atoms with Gasteiger partial charge in [-0.2, -0.15) is 0 Å². The van der Waals surface area contributed by atoms with E-state index in [1.807, 2.05) is 33.9 Å². The predicted octanol–water partition coefficient (Wildman–Crippen LogP) is 8.03. The van der Waals surface area contributed by atoms with Gasteiger partial charge < -0.3 is 24.2 Å². The van der Waals surface area contributed by atoms with Gasteiger partial charge in [-0.1, -0.05) is 61.4 Å². The van der Waals surface area contributed by atoms with Crippen molar-refractivity contribution in [3.8, 4) is 33.6 Å². The lowest BCUT2D eigenvalue weighted by molar-refractivity contribution is -0.142. The summed E-state index contributed by atoms with van der Waals surface area (Å²) in [7, 11) is 2.54. The molecule has 320 valence electrons. The van der Waals surface area contributed by atoms with Gasteiger partial charge in [0, 0.05) is 29.5 Å². The van der Waals surface area contributed by atoms with E-state index in [0.717, 1.165) is 75.9 Å². The molecule has 16 heteroatoms. The number of carbonyl (C=O) groups is 4. The van der Waals surface area contributed by atoms with Gasteiger partial charge in [-0.3, -0.25) is 9.69 Å². The van der Waals surface area contributed by atoms with Crippen molar-refractivity contribution in [2.45, 2.75) is 103 Å². The van der Waals surface area contributed by atoms with Crippen LogP contribution in [0.3, 0.4) is 0 Å². The average molecular weight is 832 g/mol. The maximum absolute atomic E-state index is 13.8. The highest BCUT2D eigenvalue weighted by Crippen LogP contribution is 2.45. The number of aromatic nitrogens is 4. The fourth-order valence-electron chi connectivity index (χ4n) is 8.91. The molecule has 2 aliphatic heterocycles. The molecule has 2 saturated heterocycles. The van der Waals surface area contributed by atoms with E-state index >= 15 is 0 Å². The van der Waals surface area contributed by atoms with Crippen molar-refractivity contribution in [3.63, 3.8) is 0 Å². The van der Waals surface area contributed by atoms with Gasteiger partial charge in [0.15, 0.2) is 0 Å². The van der Waals surface area contributed by atoms with E-state index in [1.165, 1.54) is 24.2 Å². The number of piperidine rings is 1. The van der Waals surface area contributed by atoms with Crippen molar-refractivity contribution in [1.29, 1.82) is 0 Å². The number of hydrogen-bond donors (Lipinski definition) is 4. The van der Waals surface area contributed by atoms with E-state index in [9.17, 15) is 19.2 Å². The molecule has 4 unspecified atom stereocenters. The largest absolute Gasteiger partial charge is 0.452 e. The lowest BCUT2D eigenvalue weighted by Crippen LogP contribution is -2.57. The predicted molar refractivity (Wildman–Crippen MR) is 227 cm³/mol. The lowest BCUT2D eigenvalue weighted by atomic mass is 9.78. The van der Waals surface area contributed by atoms with Crippen LogP contribution in [0.15, 0.2) is 73.1 Å². The molecular weight excluding hydrogens is 779 g/mol. The maximum Gasteiger partial charge on any atom is 0.425 e. The van der Waals surface area contributed by atoms with E-state index in [0.29, 0.717) is 18.7 Å². The molecule has 2 aromatic heterocycles. The van der Waals surface area contributed by atoms with Crippen LogP contribution >= 0.6 is 0 Å². The van der Waals surface area contributed by atoms with E-state index in [2.05, 4.69) is 81.5 Å². The van der Waals surface area contributed by atoms with Gasteiger partial charge in [0.25, 0.3) is 0 Å². The summed E-state index contributed by atoms with van der Waals surface area (Å²) in [6.07, 6.45) is 6.58. The van der Waals surface area contributed by atoms with Crippen molar-refractivity contribution in [2.24, 2.45) is 5.92 Å². The minimum atomic E-state index is -0.724. The number of rotatable bonds is 8. The minimum Gasteiger partial charge on any atom is -0.452 e. The van der Waals surface area contributed by atoms with Crippen LogP contribution in [0, 0.1) is 5.92 Å². The number of imidazole rings is 2. The normalized spacial score (nSPS) is 20.9. The molecule has 61 heavy (non-hydrogen) atoms. The monoisotopic (exact) mass is 831 g/mol. The molecule has 8 rings (SSSR count). The third-order valence-electron chi connectivity index (χ3n) is 12.1. The molecule has 0 spiro atoms. The second-order valence-electron chi connectivity index (χ2n) is 16.5. The fraction of sp³-hybridized carbons (Fsp3) is 0.422. The van der Waals surface area contributed by atoms with Crippen LogP contribution < -0.4 is 10.9 Å². The number of benzene rings is 3. The van der Waals surface area contributed by atoms with Crippen LogP contribution in [0.5, 0.6) is 0 Å². The van der Waals surface area contributed by atoms with Crippen LogP contribution in [-0.4, -0.2) is 97.6 Å². The van der Waals surface area contributed by atoms with Crippen molar-refractivity contribution in [1.82, 2.24) is 45.7 Å². The molecule has 5 atom stereocenters. The van der Waals surface area contributed by atoms with Gasteiger partial charge in [0.1, 0.15) is 23.9 Å². The fourth-order valence-corrected chi connectivity index (χ4v) is 8.91. The van der Waals surface area contributed by atoms with Crippen LogP contribution in [0.2, 0.25) is 0 Å². The lowest BCUT2D eigenvalue weighted by Gasteiger charge is -2.36. The van der Waals surface area contributed by atoms with Gasteiger partial charge in [-0.05, 0) is 93.0 Å². The molecule has 3 fully saturated rings. The molecule has 1 saturated carbocycles. The van der Waals surface area contributed by atoms with Crippen LogP contribution in [0.4, 0.5) is 14.4 Å². The summed E-state index contributed by atoms with van der Waals surface area (Å²) in [6, 6.07) is 19.6. The van der Waals surface area contributed by atoms with E-state index in [-0.39, 0.29) is 42.0 Å². The number of fused-ring (bicyclic) bond motifs is 3. The van der Waals surface area contributed by atoms with E-state index in [1.54, 1.807) is 11.1 Å². The van der Waals surface area contributed by atoms with Gasteiger partial charge in [0.2, 0.25) is 5.91 Å². The number of nitrogens with zero attached hydrogens (tertiary/aromatic N) is 5. The number of ether oxygens (including phenoxy) is 3. The third-order valence-corrected chi connectivity index (χ3v) is 12.1. The summed E-state index contributed by atoms with van der Waals surface area (Å²) in [4.78, 5) is 69.8. The summed E-state index contributed by atoms with van der Waals surface area (Å²) in [6.45, 7) is 7.35. The SMILES string of the molecule is COC(=O)NN(C(=O)C1CCCCC1c1ncc(-c2ccc3cc(-c4ccc(-c5cnc([C@@H]6C7CCC(O7)N6C(=O)N(NC(=O)OC)C(C)C)[nH]5)cc4)ccc3c2)[nH]1)C(C)C. The Hall–Kier alpha value is -6.42. The number of urea groups is 1. The number of aromatic amines is 2. The maximum atomic E-state index is 13.8. The number of carbonyl (C=O) groups excluding carboxylic acids is 4. The number of H-pyrrole nitrogens is 2. The van der Waals surface area contributed by atoms with Crippen molar-refractivity contribution < 1.29 is 33.4 Å². The molecule has 0 radical (unpaired) electrons. The summed E-state index contributed by atoms with van der Waals surface area (Å²) < 4.78 is 15.7. The van der Waals surface area contributed by atoms with Gasteiger partial charge >= 0.3 is 18.2 Å². The molecule has 3 aromatic carbocycles. The molecule has 5 amide bonds. The first-order valence-corrected chi connectivity index (χ1v) is 21.0. The van der Waals surface area contributed by atoms with E-state index in [4.69, 9.17) is 24.2 Å². The number of likely N-dealkylation sites (tertiary alicyclic amines) is 1. The Labute approximate surface area is 354 Å². The quantitative estimate of drug-likeness (QED) is 0.112. The summed E-state index contributed by atoms with van der Waals surface area (Å²) in [5.41, 5.74) is 10.9. The first-order valence-electron chi connectivity index (χ1n) is 21.0. The van der Waals surface area contributed by atoms with Gasteiger partial charge in [-0.25, -0.2) is 45.2 Å². The molecule has 4 N–H and O–H groups in total. The zero-order valence-corrected chi connectivity index (χ0v) is 35.3. The van der Waals surface area contributed by atoms with Crippen molar-refractivity contribution in [3.05, 3.63) is 84.7 Å². The second-order valence-corrected chi connectivity index (χ2v) is 16.5. The van der Waals surface area contributed by atoms with Gasteiger partial charge in [0.05, 0.1) is 44.1 Å². The first-order chi connectivity index (χ1) is 29.4. The van der Waals surface area contributed by atoms with Gasteiger partial charge in [-0.15, -0.1) is 0 Å². The summed E-state index contributed by atoms with van der Waals surface area (Å²) in [5, 5.41) is 4.83. The molecule has 2 bridgehead atoms. The van der Waals surface area contributed by atoms with E-state index < -0.39 is 24.5 Å². The Morgan fingerprint density at radius 1 is 0.705 bits per heavy atom. The number of amides is 5. The number of hydrazine groups is 2. The zero-order valence-electron chi connectivity index (χ0n) is 35.3. The second kappa shape index (κ2) is 17.3. The highest BCUT2D eigenvalue weighted by molar-refractivity contribution is 5.91. The Morgan fingerprint density at radius 3 is 1.93 bits per heavy atom. The average Bonchev–Trinajstić information content (AvgIpc) is 4.12. The van der Waals surface area contributed by atoms with Crippen molar-refractivity contribution in [2.75, 3.05) is 14.2 Å². The number of nitrogens with one attached hydrogen (secondary N) is 4. The van der Waals surface area contributed by atoms with Crippen LogP contribution in [0.25, 0.3) is 44.4 Å². The zero-order chi connectivity index (χ0) is 42.9. The molecule has 16 nitrogen and oxygen atoms in total. The summed E-state index contributed by atoms with van der Waals surface area (Å²) >= 11 is 0. The highest BCUT2D eigenvalue weighted by Gasteiger charge is 2.53. The van der Waals surface area contributed by atoms with Crippen LogP contribution in [-0.2, 0) is 19.0 Å². The minimum absolute atomic E-state index is 0.0994. The highest BCUT2D eigenvalue weighted by atomic mass is 16.6. The Morgan fingerprint density at radius 2 is 1.26 bits per heavy atom. The van der Waals surface area contributed by atoms with Crippen molar-refractivity contribution >= 4 is 34.9 Å². The number of hydrogen-bond acceptors (Lipinski definition) is 9. The first kappa shape index (κ1) is 41.3. The summed E-state index contributed by atoms with van der Waals surface area (Å²) in [5.74, 6) is 0.846. The molecule has 4 heterocycles. The Bertz CT molecular complexity index is 2410. The topological polar surface area (TPSA) is 187 Å². The molecule has 1 aliphatic carbocycles. The number of methoxy groups -OCH3 is 2. The Balaban J connectivity index is 0.959. The standard InChI is InChI=1S/C45H53N9O7/c1-25(2)53(50-43(56)59-5)42(55)34-10-8-7-9-33(34)40-46-24-36(48-40)32-18-17-30-21-29(15-16-31(30)22-32)27-11-13-28(14-12-27)35-23-47-41(49-35)39-37-19-20-38(61-37)52(39)45(58)54(26(3)4)51-44(57)60-6/h11-18,21-26,33-34,37-39H,7-10,19-20H2,1-6H3,(H,46,48)(H,47,49)(H,50,56)(H,51,57)/t33?,34?,37?,38?,39-/m0/s1. The molecule has 5 aromatic rings.